The highest BCUT2D eigenvalue weighted by Crippen LogP contribution is 2.27. The summed E-state index contributed by atoms with van der Waals surface area (Å²) in [5.41, 5.74) is 0.0529. The van der Waals surface area contributed by atoms with Crippen LogP contribution in [0, 0.1) is 0 Å². The first-order valence-electron chi connectivity index (χ1n) is 7.42. The number of likely N-dealkylation sites (N-methyl/N-ethyl adjacent to an activating group) is 1. The van der Waals surface area contributed by atoms with Crippen LogP contribution in [0.4, 0.5) is 0 Å². The van der Waals surface area contributed by atoms with Crippen molar-refractivity contribution in [1.29, 1.82) is 0 Å². The highest BCUT2D eigenvalue weighted by atomic mass is 16.6. The lowest BCUT2D eigenvalue weighted by Gasteiger charge is -2.48. The Morgan fingerprint density at radius 3 is 2.05 bits per heavy atom. The molecule has 0 N–H and O–H groups in total. The van der Waals surface area contributed by atoms with Crippen molar-refractivity contribution in [2.24, 2.45) is 0 Å². The van der Waals surface area contributed by atoms with Gasteiger partial charge in [-0.25, -0.2) is 0 Å². The summed E-state index contributed by atoms with van der Waals surface area (Å²) in [5, 5.41) is 0. The lowest BCUT2D eigenvalue weighted by atomic mass is 9.82. The van der Waals surface area contributed by atoms with Crippen LogP contribution in [0.25, 0.3) is 0 Å². The van der Waals surface area contributed by atoms with E-state index in [1.54, 1.807) is 0 Å². The maximum absolute atomic E-state index is 5.93. The molecule has 1 rings (SSSR count). The van der Waals surface area contributed by atoms with Gasteiger partial charge in [-0.3, -0.25) is 4.90 Å². The zero-order valence-corrected chi connectivity index (χ0v) is 13.5. The molecule has 0 bridgehead atoms. The van der Waals surface area contributed by atoms with E-state index < -0.39 is 0 Å². The lowest BCUT2D eigenvalue weighted by molar-refractivity contribution is -0.0423. The SMILES string of the molecule is CCC/C=C/CB1OCC(C)(C)N(C)C(C)(C)CO1. The predicted molar refractivity (Wildman–Crippen MR) is 82.4 cm³/mol. The maximum Gasteiger partial charge on any atom is 0.460 e. The Kier molecular flexibility index (Phi) is 6.09. The molecule has 0 radical (unpaired) electrons. The van der Waals surface area contributed by atoms with Gasteiger partial charge in [0.15, 0.2) is 0 Å². The van der Waals surface area contributed by atoms with Crippen LogP contribution >= 0.6 is 0 Å². The van der Waals surface area contributed by atoms with E-state index in [-0.39, 0.29) is 18.2 Å². The summed E-state index contributed by atoms with van der Waals surface area (Å²) in [6, 6.07) is 0. The molecule has 0 aromatic carbocycles. The summed E-state index contributed by atoms with van der Waals surface area (Å²) >= 11 is 0. The second kappa shape index (κ2) is 6.91. The topological polar surface area (TPSA) is 21.7 Å². The van der Waals surface area contributed by atoms with E-state index in [2.05, 4.69) is 58.7 Å². The minimum atomic E-state index is -0.111. The number of hydrogen-bond acceptors (Lipinski definition) is 3. The molecule has 4 heteroatoms. The third-order valence-corrected chi connectivity index (χ3v) is 4.01. The van der Waals surface area contributed by atoms with Crippen molar-refractivity contribution >= 4 is 7.12 Å². The fourth-order valence-corrected chi connectivity index (χ4v) is 2.28. The lowest BCUT2D eigenvalue weighted by Crippen LogP contribution is -2.60. The third kappa shape index (κ3) is 4.94. The summed E-state index contributed by atoms with van der Waals surface area (Å²) in [5.74, 6) is 0. The van der Waals surface area contributed by atoms with Gasteiger partial charge in [-0.1, -0.05) is 25.5 Å². The standard InChI is InChI=1S/C15H30BNO2/c1-7-8-9-10-11-16-18-12-14(2,3)17(6)15(4,5)13-19-16/h9-10H,7-8,11-13H2,1-6H3/b10-9+. The molecule has 3 nitrogen and oxygen atoms in total. The molecule has 0 aliphatic carbocycles. The van der Waals surface area contributed by atoms with Crippen molar-refractivity contribution in [3.05, 3.63) is 12.2 Å². The van der Waals surface area contributed by atoms with Crippen LogP contribution in [0.5, 0.6) is 0 Å². The van der Waals surface area contributed by atoms with Crippen LogP contribution in [-0.4, -0.2) is 43.4 Å². The van der Waals surface area contributed by atoms with Gasteiger partial charge in [0, 0.05) is 30.6 Å². The molecular weight excluding hydrogens is 237 g/mol. The van der Waals surface area contributed by atoms with Crippen LogP contribution in [0.1, 0.15) is 47.5 Å². The van der Waals surface area contributed by atoms with Crippen molar-refractivity contribution in [2.75, 3.05) is 20.3 Å². The van der Waals surface area contributed by atoms with E-state index in [0.29, 0.717) is 13.2 Å². The average Bonchev–Trinajstić information content (AvgIpc) is 2.35. The Hall–Kier alpha value is -0.315. The minimum Gasteiger partial charge on any atom is -0.409 e. The van der Waals surface area contributed by atoms with Crippen molar-refractivity contribution in [3.63, 3.8) is 0 Å². The van der Waals surface area contributed by atoms with Crippen LogP contribution in [0.15, 0.2) is 12.2 Å². The monoisotopic (exact) mass is 267 g/mol. The molecule has 110 valence electrons. The number of hydrogen-bond donors (Lipinski definition) is 0. The summed E-state index contributed by atoms with van der Waals surface area (Å²) < 4.78 is 11.9. The molecular formula is C15H30BNO2. The number of rotatable bonds is 4. The van der Waals surface area contributed by atoms with E-state index in [9.17, 15) is 0 Å². The molecule has 0 amide bonds. The number of allylic oxidation sites excluding steroid dienone is 2. The van der Waals surface area contributed by atoms with E-state index in [1.165, 1.54) is 6.42 Å². The Bertz CT molecular complexity index is 283. The molecule has 1 aliphatic heterocycles. The van der Waals surface area contributed by atoms with E-state index in [4.69, 9.17) is 9.31 Å². The minimum absolute atomic E-state index is 0.0265. The smallest absolute Gasteiger partial charge is 0.409 e. The first kappa shape index (κ1) is 16.7. The maximum atomic E-state index is 5.93. The summed E-state index contributed by atoms with van der Waals surface area (Å²) in [6.07, 6.45) is 7.56. The van der Waals surface area contributed by atoms with Gasteiger partial charge in [-0.15, -0.1) is 0 Å². The molecule has 0 spiro atoms. The number of nitrogens with zero attached hydrogens (tertiary/aromatic N) is 1. The van der Waals surface area contributed by atoms with Crippen LogP contribution in [-0.2, 0) is 9.31 Å². The quantitative estimate of drug-likeness (QED) is 0.576. The Morgan fingerprint density at radius 1 is 1.05 bits per heavy atom. The van der Waals surface area contributed by atoms with Crippen molar-refractivity contribution in [3.8, 4) is 0 Å². The molecule has 1 heterocycles. The second-order valence-electron chi connectivity index (χ2n) is 6.73. The van der Waals surface area contributed by atoms with Gasteiger partial charge in [-0.2, -0.15) is 0 Å². The van der Waals surface area contributed by atoms with Crippen molar-refractivity contribution < 1.29 is 9.31 Å². The van der Waals surface area contributed by atoms with Gasteiger partial charge in [0.1, 0.15) is 0 Å². The van der Waals surface area contributed by atoms with Gasteiger partial charge in [0.2, 0.25) is 0 Å². The van der Waals surface area contributed by atoms with Crippen LogP contribution in [0.2, 0.25) is 6.32 Å². The molecule has 19 heavy (non-hydrogen) atoms. The summed E-state index contributed by atoms with van der Waals surface area (Å²) in [6.45, 7) is 12.5. The van der Waals surface area contributed by atoms with Crippen molar-refractivity contribution in [1.82, 2.24) is 4.90 Å². The van der Waals surface area contributed by atoms with Crippen LogP contribution in [0.3, 0.4) is 0 Å². The molecule has 1 fully saturated rings. The van der Waals surface area contributed by atoms with Crippen molar-refractivity contribution in [2.45, 2.75) is 64.9 Å². The van der Waals surface area contributed by atoms with Gasteiger partial charge >= 0.3 is 7.12 Å². The highest BCUT2D eigenvalue weighted by Gasteiger charge is 2.39. The van der Waals surface area contributed by atoms with E-state index in [1.807, 2.05) is 0 Å². The second-order valence-corrected chi connectivity index (χ2v) is 6.73. The Morgan fingerprint density at radius 2 is 1.58 bits per heavy atom. The Balaban J connectivity index is 2.61. The third-order valence-electron chi connectivity index (χ3n) is 4.01. The first-order chi connectivity index (χ1) is 8.79. The zero-order chi connectivity index (χ0) is 14.5. The van der Waals surface area contributed by atoms with E-state index >= 15 is 0 Å². The molecule has 1 aliphatic rings. The average molecular weight is 267 g/mol. The van der Waals surface area contributed by atoms with E-state index in [0.717, 1.165) is 12.7 Å². The van der Waals surface area contributed by atoms with Crippen LogP contribution < -0.4 is 0 Å². The molecule has 0 unspecified atom stereocenters. The Labute approximate surface area is 119 Å². The largest absolute Gasteiger partial charge is 0.460 e. The summed E-state index contributed by atoms with van der Waals surface area (Å²) in [7, 11) is 2.04. The summed E-state index contributed by atoms with van der Waals surface area (Å²) in [4.78, 5) is 2.35. The van der Waals surface area contributed by atoms with Gasteiger partial charge in [0.05, 0.1) is 0 Å². The van der Waals surface area contributed by atoms with Gasteiger partial charge in [0.25, 0.3) is 0 Å². The molecule has 0 atom stereocenters. The fraction of sp³-hybridized carbons (Fsp3) is 0.867. The van der Waals surface area contributed by atoms with Gasteiger partial charge < -0.3 is 9.31 Å². The fourth-order valence-electron chi connectivity index (χ4n) is 2.28. The normalized spacial score (nSPS) is 24.4. The first-order valence-corrected chi connectivity index (χ1v) is 7.42. The predicted octanol–water partition coefficient (Wildman–Crippen LogP) is 3.37. The highest BCUT2D eigenvalue weighted by molar-refractivity contribution is 6.45. The molecule has 0 saturated carbocycles. The molecule has 0 aromatic rings. The zero-order valence-electron chi connectivity index (χ0n) is 13.5. The number of unbranched alkanes of at least 4 members (excludes halogenated alkanes) is 1. The van der Waals surface area contributed by atoms with Gasteiger partial charge in [-0.05, 0) is 41.2 Å². The molecule has 0 aromatic heterocycles. The molecule has 1 saturated heterocycles.